The number of aliphatic hydroxyl groups excluding tert-OH is 1. The van der Waals surface area contributed by atoms with E-state index in [9.17, 15) is 9.18 Å². The number of benzene rings is 1. The Bertz CT molecular complexity index is 372. The van der Waals surface area contributed by atoms with Crippen LogP contribution in [0.15, 0.2) is 24.3 Å². The summed E-state index contributed by atoms with van der Waals surface area (Å²) in [5.74, 6) is -1.65. The van der Waals surface area contributed by atoms with E-state index < -0.39 is 11.8 Å². The van der Waals surface area contributed by atoms with Crippen LogP contribution in [0.3, 0.4) is 0 Å². The SMILES string of the molecule is O=C(O)/C=C/c1cc(CO)ccc1F. The van der Waals surface area contributed by atoms with Crippen molar-refractivity contribution in [3.05, 3.63) is 41.2 Å². The van der Waals surface area contributed by atoms with E-state index in [1.54, 1.807) is 0 Å². The number of hydrogen-bond donors (Lipinski definition) is 2. The Hall–Kier alpha value is -1.68. The summed E-state index contributed by atoms with van der Waals surface area (Å²) >= 11 is 0. The van der Waals surface area contributed by atoms with Crippen LogP contribution in [0.4, 0.5) is 4.39 Å². The lowest BCUT2D eigenvalue weighted by Crippen LogP contribution is -1.90. The molecule has 0 bridgehead atoms. The fourth-order valence-corrected chi connectivity index (χ4v) is 0.980. The van der Waals surface area contributed by atoms with Gasteiger partial charge in [-0.1, -0.05) is 6.07 Å². The zero-order chi connectivity index (χ0) is 10.6. The van der Waals surface area contributed by atoms with Crippen molar-refractivity contribution in [1.82, 2.24) is 0 Å². The summed E-state index contributed by atoms with van der Waals surface area (Å²) in [7, 11) is 0. The normalized spacial score (nSPS) is 10.7. The topological polar surface area (TPSA) is 57.5 Å². The van der Waals surface area contributed by atoms with Gasteiger partial charge >= 0.3 is 5.97 Å². The summed E-state index contributed by atoms with van der Waals surface area (Å²) in [5, 5.41) is 17.1. The predicted molar refractivity (Wildman–Crippen MR) is 49.0 cm³/mol. The van der Waals surface area contributed by atoms with Crippen LogP contribution in [0.25, 0.3) is 6.08 Å². The second-order valence-corrected chi connectivity index (χ2v) is 2.69. The second kappa shape index (κ2) is 4.53. The van der Waals surface area contributed by atoms with Crippen molar-refractivity contribution in [3.8, 4) is 0 Å². The number of hydrogen-bond acceptors (Lipinski definition) is 2. The van der Waals surface area contributed by atoms with Gasteiger partial charge in [-0.3, -0.25) is 0 Å². The zero-order valence-electron chi connectivity index (χ0n) is 7.27. The molecule has 0 amide bonds. The Morgan fingerprint density at radius 2 is 2.21 bits per heavy atom. The largest absolute Gasteiger partial charge is 0.478 e. The van der Waals surface area contributed by atoms with Crippen LogP contribution in [0.2, 0.25) is 0 Å². The van der Waals surface area contributed by atoms with Gasteiger partial charge in [-0.05, 0) is 23.8 Å². The summed E-state index contributed by atoms with van der Waals surface area (Å²) < 4.78 is 13.0. The lowest BCUT2D eigenvalue weighted by molar-refractivity contribution is -0.131. The van der Waals surface area contributed by atoms with Crippen molar-refractivity contribution in [3.63, 3.8) is 0 Å². The van der Waals surface area contributed by atoms with E-state index in [0.29, 0.717) is 5.56 Å². The van der Waals surface area contributed by atoms with Gasteiger partial charge in [0.1, 0.15) is 5.82 Å². The first-order chi connectivity index (χ1) is 6.63. The highest BCUT2D eigenvalue weighted by atomic mass is 19.1. The third kappa shape index (κ3) is 2.67. The van der Waals surface area contributed by atoms with Crippen molar-refractivity contribution in [2.24, 2.45) is 0 Å². The Kier molecular flexibility index (Phi) is 3.36. The summed E-state index contributed by atoms with van der Waals surface area (Å²) in [6.45, 7) is -0.200. The van der Waals surface area contributed by atoms with Gasteiger partial charge < -0.3 is 10.2 Å². The minimum atomic E-state index is -1.14. The van der Waals surface area contributed by atoms with E-state index in [-0.39, 0.29) is 12.2 Å². The maximum absolute atomic E-state index is 13.0. The molecule has 0 fully saturated rings. The van der Waals surface area contributed by atoms with Gasteiger partial charge in [0, 0.05) is 11.6 Å². The molecule has 0 aliphatic rings. The van der Waals surface area contributed by atoms with E-state index in [4.69, 9.17) is 10.2 Å². The molecular weight excluding hydrogens is 187 g/mol. The van der Waals surface area contributed by atoms with Crippen LogP contribution in [-0.2, 0) is 11.4 Å². The van der Waals surface area contributed by atoms with Crippen LogP contribution in [-0.4, -0.2) is 16.2 Å². The summed E-state index contributed by atoms with van der Waals surface area (Å²) in [6, 6.07) is 4.02. The molecular formula is C10H9FO3. The highest BCUT2D eigenvalue weighted by molar-refractivity contribution is 5.85. The molecule has 0 saturated heterocycles. The monoisotopic (exact) mass is 196 g/mol. The first-order valence-electron chi connectivity index (χ1n) is 3.94. The van der Waals surface area contributed by atoms with Crippen LogP contribution in [0, 0.1) is 5.82 Å². The third-order valence-corrected chi connectivity index (χ3v) is 1.65. The smallest absolute Gasteiger partial charge is 0.328 e. The Morgan fingerprint density at radius 1 is 1.50 bits per heavy atom. The zero-order valence-corrected chi connectivity index (χ0v) is 7.27. The molecule has 0 saturated carbocycles. The minimum Gasteiger partial charge on any atom is -0.478 e. The van der Waals surface area contributed by atoms with Crippen LogP contribution in [0.5, 0.6) is 0 Å². The molecule has 0 aromatic heterocycles. The summed E-state index contributed by atoms with van der Waals surface area (Å²) in [4.78, 5) is 10.2. The number of aliphatic hydroxyl groups is 1. The Labute approximate surface area is 80.1 Å². The molecule has 4 heteroatoms. The molecule has 1 aromatic carbocycles. The number of rotatable bonds is 3. The third-order valence-electron chi connectivity index (χ3n) is 1.65. The summed E-state index contributed by atoms with van der Waals surface area (Å²) in [6.07, 6.45) is 2.00. The molecule has 1 aromatic rings. The molecule has 2 N–H and O–H groups in total. The van der Waals surface area contributed by atoms with Gasteiger partial charge in [0.2, 0.25) is 0 Å². The maximum Gasteiger partial charge on any atom is 0.328 e. The highest BCUT2D eigenvalue weighted by Crippen LogP contribution is 2.12. The molecule has 0 aliphatic heterocycles. The molecule has 1 rings (SSSR count). The molecule has 14 heavy (non-hydrogen) atoms. The van der Waals surface area contributed by atoms with Crippen molar-refractivity contribution >= 4 is 12.0 Å². The first kappa shape index (κ1) is 10.4. The van der Waals surface area contributed by atoms with Crippen LogP contribution >= 0.6 is 0 Å². The van der Waals surface area contributed by atoms with Crippen molar-refractivity contribution in [2.45, 2.75) is 6.61 Å². The van der Waals surface area contributed by atoms with E-state index in [1.165, 1.54) is 18.2 Å². The fraction of sp³-hybridized carbons (Fsp3) is 0.100. The van der Waals surface area contributed by atoms with E-state index >= 15 is 0 Å². The maximum atomic E-state index is 13.0. The fourth-order valence-electron chi connectivity index (χ4n) is 0.980. The molecule has 0 heterocycles. The van der Waals surface area contributed by atoms with E-state index in [0.717, 1.165) is 12.2 Å². The number of aliphatic carboxylic acids is 1. The van der Waals surface area contributed by atoms with Crippen molar-refractivity contribution in [1.29, 1.82) is 0 Å². The minimum absolute atomic E-state index is 0.152. The standard InChI is InChI=1S/C10H9FO3/c11-9-3-1-7(6-12)5-8(9)2-4-10(13)14/h1-5,12H,6H2,(H,13,14)/b4-2+. The van der Waals surface area contributed by atoms with Gasteiger partial charge in [0.25, 0.3) is 0 Å². The van der Waals surface area contributed by atoms with Gasteiger partial charge in [0.05, 0.1) is 6.61 Å². The van der Waals surface area contributed by atoms with E-state index in [2.05, 4.69) is 0 Å². The van der Waals surface area contributed by atoms with Gasteiger partial charge in [-0.2, -0.15) is 0 Å². The first-order valence-corrected chi connectivity index (χ1v) is 3.94. The molecule has 0 radical (unpaired) electrons. The van der Waals surface area contributed by atoms with Crippen LogP contribution < -0.4 is 0 Å². The van der Waals surface area contributed by atoms with E-state index in [1.807, 2.05) is 0 Å². The molecule has 0 aliphatic carbocycles. The average Bonchev–Trinajstić information content (AvgIpc) is 2.16. The molecule has 0 spiro atoms. The van der Waals surface area contributed by atoms with Crippen LogP contribution in [0.1, 0.15) is 11.1 Å². The van der Waals surface area contributed by atoms with Crippen molar-refractivity contribution in [2.75, 3.05) is 0 Å². The molecule has 74 valence electrons. The molecule has 0 unspecified atom stereocenters. The highest BCUT2D eigenvalue weighted by Gasteiger charge is 2.00. The quantitative estimate of drug-likeness (QED) is 0.719. The number of carboxylic acids is 1. The lowest BCUT2D eigenvalue weighted by Gasteiger charge is -1.99. The van der Waals surface area contributed by atoms with Crippen molar-refractivity contribution < 1.29 is 19.4 Å². The van der Waals surface area contributed by atoms with Gasteiger partial charge in [-0.15, -0.1) is 0 Å². The Balaban J connectivity index is 3.00. The molecule has 3 nitrogen and oxygen atoms in total. The second-order valence-electron chi connectivity index (χ2n) is 2.69. The Morgan fingerprint density at radius 3 is 2.79 bits per heavy atom. The predicted octanol–water partition coefficient (Wildman–Crippen LogP) is 1.42. The lowest BCUT2D eigenvalue weighted by atomic mass is 10.1. The molecule has 0 atom stereocenters. The van der Waals surface area contributed by atoms with Gasteiger partial charge in [-0.25, -0.2) is 9.18 Å². The number of carbonyl (C=O) groups is 1. The number of carboxylic acid groups (broad SMARTS) is 1. The van der Waals surface area contributed by atoms with Gasteiger partial charge in [0.15, 0.2) is 0 Å². The average molecular weight is 196 g/mol. The number of halogens is 1. The summed E-state index contributed by atoms with van der Waals surface area (Å²) in [5.41, 5.74) is 0.690.